The number of unbranched alkanes of at least 4 members (excludes halogenated alkanes) is 1. The van der Waals surface area contributed by atoms with Gasteiger partial charge in [0.1, 0.15) is 11.6 Å². The molecule has 2 aromatic carbocycles. The van der Waals surface area contributed by atoms with Crippen LogP contribution < -0.4 is 19.1 Å². The number of hydrogen-bond acceptors (Lipinski definition) is 9. The zero-order valence-electron chi connectivity index (χ0n) is 27.5. The Labute approximate surface area is 265 Å². The van der Waals surface area contributed by atoms with Crippen LogP contribution in [0.3, 0.4) is 0 Å². The molecule has 1 atom stereocenters. The van der Waals surface area contributed by atoms with E-state index in [1.165, 1.54) is 21.3 Å². The van der Waals surface area contributed by atoms with Gasteiger partial charge in [-0.2, -0.15) is 0 Å². The Morgan fingerprint density at radius 1 is 1.07 bits per heavy atom. The first-order valence-corrected chi connectivity index (χ1v) is 15.5. The SMILES string of the molecule is CCOC1CCN(c2cc(C(=O)CN3Cc4cc(OC)c(OC)c(F)c4C3=N)cc(C(C)(C)C)c2OCCCCC(=O)OC)C1. The Morgan fingerprint density at radius 2 is 1.82 bits per heavy atom. The summed E-state index contributed by atoms with van der Waals surface area (Å²) in [6.07, 6.45) is 2.57. The van der Waals surface area contributed by atoms with Gasteiger partial charge >= 0.3 is 5.97 Å². The van der Waals surface area contributed by atoms with Crippen LogP contribution in [0, 0.1) is 11.2 Å². The van der Waals surface area contributed by atoms with Crippen molar-refractivity contribution in [2.75, 3.05) is 59.1 Å². The molecule has 1 N–H and O–H groups in total. The maximum atomic E-state index is 15.3. The summed E-state index contributed by atoms with van der Waals surface area (Å²) in [5, 5.41) is 8.71. The van der Waals surface area contributed by atoms with Crippen molar-refractivity contribution in [3.63, 3.8) is 0 Å². The Hall–Kier alpha value is -3.86. The molecule has 2 aliphatic rings. The first kappa shape index (κ1) is 34.0. The molecule has 2 aromatic rings. The number of ketones is 1. The van der Waals surface area contributed by atoms with Crippen molar-refractivity contribution in [2.24, 2.45) is 0 Å². The third-order valence-electron chi connectivity index (χ3n) is 8.28. The molecule has 0 aliphatic carbocycles. The second kappa shape index (κ2) is 14.5. The van der Waals surface area contributed by atoms with Crippen LogP contribution in [0.5, 0.6) is 17.2 Å². The third kappa shape index (κ3) is 7.52. The molecule has 2 heterocycles. The number of rotatable bonds is 14. The van der Waals surface area contributed by atoms with Gasteiger partial charge in [-0.15, -0.1) is 0 Å². The van der Waals surface area contributed by atoms with Crippen LogP contribution in [-0.4, -0.2) is 82.8 Å². The minimum atomic E-state index is -0.671. The van der Waals surface area contributed by atoms with E-state index in [0.717, 1.165) is 30.0 Å². The molecule has 11 heteroatoms. The molecule has 0 saturated carbocycles. The van der Waals surface area contributed by atoms with E-state index in [1.54, 1.807) is 11.0 Å². The van der Waals surface area contributed by atoms with Crippen LogP contribution in [0.1, 0.15) is 80.4 Å². The van der Waals surface area contributed by atoms with Crippen molar-refractivity contribution in [3.8, 4) is 17.2 Å². The van der Waals surface area contributed by atoms with Crippen molar-refractivity contribution in [1.29, 1.82) is 5.41 Å². The summed E-state index contributed by atoms with van der Waals surface area (Å²) in [7, 11) is 4.17. The Bertz CT molecular complexity index is 1420. The lowest BCUT2D eigenvalue weighted by Gasteiger charge is -2.30. The minimum absolute atomic E-state index is 0.0644. The number of hydrogen-bond donors (Lipinski definition) is 1. The summed E-state index contributed by atoms with van der Waals surface area (Å²) in [4.78, 5) is 29.3. The van der Waals surface area contributed by atoms with E-state index in [0.29, 0.717) is 50.1 Å². The number of carbonyl (C=O) groups excluding carboxylic acids is 2. The normalized spacial score (nSPS) is 16.2. The minimum Gasteiger partial charge on any atom is -0.493 e. The molecule has 0 radical (unpaired) electrons. The lowest BCUT2D eigenvalue weighted by molar-refractivity contribution is -0.140. The smallest absolute Gasteiger partial charge is 0.305 e. The van der Waals surface area contributed by atoms with E-state index >= 15 is 4.39 Å². The van der Waals surface area contributed by atoms with E-state index in [9.17, 15) is 9.59 Å². The van der Waals surface area contributed by atoms with Crippen LogP contribution in [0.2, 0.25) is 0 Å². The summed E-state index contributed by atoms with van der Waals surface area (Å²) in [5.74, 6) is -0.283. The maximum absolute atomic E-state index is 15.3. The highest BCUT2D eigenvalue weighted by atomic mass is 19.1. The number of esters is 1. The number of nitrogens with zero attached hydrogens (tertiary/aromatic N) is 2. The van der Waals surface area contributed by atoms with Gasteiger partial charge in [-0.25, -0.2) is 4.39 Å². The number of halogens is 1. The maximum Gasteiger partial charge on any atom is 0.305 e. The number of ether oxygens (including phenoxy) is 5. The Balaban J connectivity index is 1.64. The number of fused-ring (bicyclic) bond motifs is 1. The number of benzene rings is 2. The zero-order chi connectivity index (χ0) is 32.9. The van der Waals surface area contributed by atoms with Gasteiger partial charge in [-0.3, -0.25) is 15.0 Å². The van der Waals surface area contributed by atoms with Gasteiger partial charge in [0.15, 0.2) is 23.1 Å². The number of carbonyl (C=O) groups is 2. The van der Waals surface area contributed by atoms with E-state index < -0.39 is 5.82 Å². The Morgan fingerprint density at radius 3 is 2.47 bits per heavy atom. The van der Waals surface area contributed by atoms with E-state index in [-0.39, 0.29) is 59.3 Å². The number of nitrogens with one attached hydrogen (secondary N) is 1. The Kier molecular flexibility index (Phi) is 11.0. The molecule has 0 spiro atoms. The van der Waals surface area contributed by atoms with Crippen LogP contribution in [-0.2, 0) is 26.2 Å². The molecule has 45 heavy (non-hydrogen) atoms. The van der Waals surface area contributed by atoms with Gasteiger partial charge in [-0.1, -0.05) is 20.8 Å². The quantitative estimate of drug-likeness (QED) is 0.165. The first-order valence-electron chi connectivity index (χ1n) is 15.5. The van der Waals surface area contributed by atoms with Crippen molar-refractivity contribution in [1.82, 2.24) is 4.90 Å². The second-order valence-corrected chi connectivity index (χ2v) is 12.4. The molecular formula is C34H46FN3O7. The topological polar surface area (TPSA) is 111 Å². The third-order valence-corrected chi connectivity index (χ3v) is 8.28. The molecule has 1 unspecified atom stereocenters. The largest absolute Gasteiger partial charge is 0.493 e. The predicted molar refractivity (Wildman–Crippen MR) is 170 cm³/mol. The number of anilines is 1. The van der Waals surface area contributed by atoms with Gasteiger partial charge in [-0.05, 0) is 55.4 Å². The molecular weight excluding hydrogens is 581 g/mol. The monoisotopic (exact) mass is 627 g/mol. The average Bonchev–Trinajstić information content (AvgIpc) is 3.60. The number of methoxy groups -OCH3 is 3. The molecule has 1 saturated heterocycles. The van der Waals surface area contributed by atoms with Crippen molar-refractivity contribution >= 4 is 23.3 Å². The van der Waals surface area contributed by atoms with Gasteiger partial charge in [0.2, 0.25) is 0 Å². The van der Waals surface area contributed by atoms with Gasteiger partial charge in [0, 0.05) is 43.8 Å². The van der Waals surface area contributed by atoms with E-state index in [4.69, 9.17) is 29.1 Å². The van der Waals surface area contributed by atoms with Crippen LogP contribution in [0.15, 0.2) is 18.2 Å². The van der Waals surface area contributed by atoms with Gasteiger partial charge < -0.3 is 33.5 Å². The fourth-order valence-corrected chi connectivity index (χ4v) is 5.91. The van der Waals surface area contributed by atoms with Crippen LogP contribution in [0.25, 0.3) is 0 Å². The van der Waals surface area contributed by atoms with Gasteiger partial charge in [0.25, 0.3) is 0 Å². The summed E-state index contributed by atoms with van der Waals surface area (Å²) in [6, 6.07) is 5.41. The summed E-state index contributed by atoms with van der Waals surface area (Å²) >= 11 is 0. The summed E-state index contributed by atoms with van der Waals surface area (Å²) < 4.78 is 43.0. The molecule has 2 aliphatic heterocycles. The highest BCUT2D eigenvalue weighted by molar-refractivity contribution is 6.06. The highest BCUT2D eigenvalue weighted by Crippen LogP contribution is 2.43. The van der Waals surface area contributed by atoms with Crippen molar-refractivity contribution < 1.29 is 37.7 Å². The predicted octanol–water partition coefficient (Wildman–Crippen LogP) is 5.50. The van der Waals surface area contributed by atoms with Crippen LogP contribution >= 0.6 is 0 Å². The number of Topliss-reactive ketones (excluding diaryl/α,β-unsaturated/α-hetero) is 1. The standard InChI is InChI=1S/C34H46FN3O7/c1-8-44-23-12-13-37(19-23)25-16-21(15-24(34(2,3)4)31(25)45-14-10-9-11-28(40)42-6)26(39)20-38-18-22-17-27(41-5)32(43-7)30(35)29(22)33(38)36/h15-17,23,36H,8-14,18-20H2,1-7H3. The fourth-order valence-electron chi connectivity index (χ4n) is 5.91. The van der Waals surface area contributed by atoms with E-state index in [2.05, 4.69) is 25.7 Å². The zero-order valence-corrected chi connectivity index (χ0v) is 27.5. The summed E-state index contributed by atoms with van der Waals surface area (Å²) in [5.41, 5.74) is 2.52. The van der Waals surface area contributed by atoms with E-state index in [1.807, 2.05) is 19.1 Å². The molecule has 1 fully saturated rings. The van der Waals surface area contributed by atoms with Crippen LogP contribution in [0.4, 0.5) is 10.1 Å². The second-order valence-electron chi connectivity index (χ2n) is 12.4. The molecule has 0 aromatic heterocycles. The fraction of sp³-hybridized carbons (Fsp3) is 0.559. The lowest BCUT2D eigenvalue weighted by Crippen LogP contribution is -2.31. The molecule has 10 nitrogen and oxygen atoms in total. The first-order chi connectivity index (χ1) is 21.4. The average molecular weight is 628 g/mol. The lowest BCUT2D eigenvalue weighted by atomic mass is 9.84. The highest BCUT2D eigenvalue weighted by Gasteiger charge is 2.34. The van der Waals surface area contributed by atoms with Gasteiger partial charge in [0.05, 0.1) is 51.8 Å². The summed E-state index contributed by atoms with van der Waals surface area (Å²) in [6.45, 7) is 10.8. The van der Waals surface area contributed by atoms with Crippen molar-refractivity contribution in [2.45, 2.75) is 71.4 Å². The van der Waals surface area contributed by atoms with Crippen molar-refractivity contribution in [3.05, 3.63) is 46.3 Å². The molecule has 246 valence electrons. The molecule has 4 rings (SSSR count). The molecule has 0 amide bonds. The molecule has 0 bridgehead atoms. The number of amidine groups is 1.